The maximum atomic E-state index is 11.8. The highest BCUT2D eigenvalue weighted by Crippen LogP contribution is 2.24. The summed E-state index contributed by atoms with van der Waals surface area (Å²) >= 11 is 1.45. The summed E-state index contributed by atoms with van der Waals surface area (Å²) in [5.74, 6) is -0.276. The summed E-state index contributed by atoms with van der Waals surface area (Å²) in [6.07, 6.45) is 1.69. The summed E-state index contributed by atoms with van der Waals surface area (Å²) < 4.78 is 5.05. The first kappa shape index (κ1) is 12.1. The summed E-state index contributed by atoms with van der Waals surface area (Å²) in [6, 6.07) is 0. The largest absolute Gasteiger partial charge is 0.464 e. The molecule has 0 aromatic carbocycles. The molecule has 1 aromatic rings. The second kappa shape index (κ2) is 5.23. The fourth-order valence-electron chi connectivity index (χ4n) is 1.33. The first-order chi connectivity index (χ1) is 7.15. The minimum Gasteiger partial charge on any atom is -0.464 e. The smallest absolute Gasteiger partial charge is 0.333 e. The van der Waals surface area contributed by atoms with Crippen molar-refractivity contribution < 1.29 is 9.53 Å². The summed E-state index contributed by atoms with van der Waals surface area (Å²) in [4.78, 5) is 16.0. The third-order valence-electron chi connectivity index (χ3n) is 2.07. The van der Waals surface area contributed by atoms with E-state index in [1.165, 1.54) is 11.3 Å². The number of nitrogens with one attached hydrogen (secondary N) is 1. The minimum absolute atomic E-state index is 0.276. The number of aromatic nitrogens is 1. The molecule has 1 N–H and O–H groups in total. The van der Waals surface area contributed by atoms with Crippen LogP contribution in [0.3, 0.4) is 0 Å². The van der Waals surface area contributed by atoms with Crippen LogP contribution in [0.1, 0.15) is 25.8 Å². The number of likely N-dealkylation sites (N-methyl/N-ethyl adjacent to an activating group) is 1. The van der Waals surface area contributed by atoms with Crippen LogP contribution in [0, 0.1) is 0 Å². The Labute approximate surface area is 93.7 Å². The van der Waals surface area contributed by atoms with Crippen LogP contribution >= 0.6 is 11.3 Å². The number of hydrogen-bond donors (Lipinski definition) is 1. The molecule has 5 heteroatoms. The van der Waals surface area contributed by atoms with Crippen molar-refractivity contribution >= 4 is 17.3 Å². The standard InChI is InChI=1S/C10H16N2O2S/c1-4-12-10(3,9(13)14-5-2)8-11-6-7-15-8/h6-7,12H,4-5H2,1-3H3. The molecule has 0 aliphatic rings. The van der Waals surface area contributed by atoms with E-state index in [0.717, 1.165) is 5.01 Å². The predicted molar refractivity (Wildman–Crippen MR) is 59.8 cm³/mol. The molecule has 0 amide bonds. The number of ether oxygens (including phenoxy) is 1. The van der Waals surface area contributed by atoms with Crippen molar-refractivity contribution in [2.24, 2.45) is 0 Å². The molecule has 1 atom stereocenters. The molecule has 1 rings (SSSR count). The zero-order valence-corrected chi connectivity index (χ0v) is 10.1. The normalized spacial score (nSPS) is 14.6. The first-order valence-corrected chi connectivity index (χ1v) is 5.85. The maximum Gasteiger partial charge on any atom is 0.333 e. The molecular formula is C10H16N2O2S. The van der Waals surface area contributed by atoms with Gasteiger partial charge in [0.15, 0.2) is 5.54 Å². The highest BCUT2D eigenvalue weighted by molar-refractivity contribution is 7.09. The third kappa shape index (κ3) is 2.54. The van der Waals surface area contributed by atoms with E-state index in [1.54, 1.807) is 20.0 Å². The molecule has 0 spiro atoms. The van der Waals surface area contributed by atoms with Crippen LogP contribution in [0.15, 0.2) is 11.6 Å². The van der Waals surface area contributed by atoms with Gasteiger partial charge in [0.05, 0.1) is 6.61 Å². The van der Waals surface area contributed by atoms with Gasteiger partial charge in [-0.2, -0.15) is 0 Å². The minimum atomic E-state index is -0.821. The molecular weight excluding hydrogens is 212 g/mol. The van der Waals surface area contributed by atoms with Gasteiger partial charge >= 0.3 is 5.97 Å². The second-order valence-electron chi connectivity index (χ2n) is 3.21. The Morgan fingerprint density at radius 3 is 2.87 bits per heavy atom. The molecule has 1 aromatic heterocycles. The number of thiazole rings is 1. The predicted octanol–water partition coefficient (Wildman–Crippen LogP) is 1.53. The summed E-state index contributed by atoms with van der Waals surface area (Å²) in [5.41, 5.74) is -0.821. The number of rotatable bonds is 5. The maximum absolute atomic E-state index is 11.8. The highest BCUT2D eigenvalue weighted by atomic mass is 32.1. The van der Waals surface area contributed by atoms with Gasteiger partial charge in [0, 0.05) is 11.6 Å². The fourth-order valence-corrected chi connectivity index (χ4v) is 2.10. The quantitative estimate of drug-likeness (QED) is 0.777. The number of carbonyl (C=O) groups is 1. The average molecular weight is 228 g/mol. The Morgan fingerprint density at radius 1 is 1.67 bits per heavy atom. The average Bonchev–Trinajstić information content (AvgIpc) is 2.71. The Morgan fingerprint density at radius 2 is 2.40 bits per heavy atom. The summed E-state index contributed by atoms with van der Waals surface area (Å²) in [7, 11) is 0. The molecule has 84 valence electrons. The van der Waals surface area contributed by atoms with Crippen molar-refractivity contribution in [1.82, 2.24) is 10.3 Å². The fraction of sp³-hybridized carbons (Fsp3) is 0.600. The van der Waals surface area contributed by atoms with E-state index in [2.05, 4.69) is 10.3 Å². The number of esters is 1. The molecule has 0 saturated heterocycles. The number of nitrogens with zero attached hydrogens (tertiary/aromatic N) is 1. The SMILES string of the molecule is CCNC(C)(C(=O)OCC)c1nccs1. The Bertz CT molecular complexity index is 313. The van der Waals surface area contributed by atoms with E-state index in [9.17, 15) is 4.79 Å². The molecule has 15 heavy (non-hydrogen) atoms. The van der Waals surface area contributed by atoms with E-state index in [0.29, 0.717) is 13.2 Å². The van der Waals surface area contributed by atoms with Gasteiger partial charge in [0.25, 0.3) is 0 Å². The first-order valence-electron chi connectivity index (χ1n) is 4.97. The summed E-state index contributed by atoms with van der Waals surface area (Å²) in [5, 5.41) is 5.71. The van der Waals surface area contributed by atoms with Crippen LogP contribution in [0.25, 0.3) is 0 Å². The molecule has 0 fully saturated rings. The van der Waals surface area contributed by atoms with Gasteiger partial charge in [-0.3, -0.25) is 5.32 Å². The Hall–Kier alpha value is -0.940. The van der Waals surface area contributed by atoms with Crippen molar-refractivity contribution in [3.05, 3.63) is 16.6 Å². The molecule has 1 unspecified atom stereocenters. The van der Waals surface area contributed by atoms with Crippen molar-refractivity contribution in [3.8, 4) is 0 Å². The van der Waals surface area contributed by atoms with Gasteiger partial charge in [-0.25, -0.2) is 9.78 Å². The monoisotopic (exact) mass is 228 g/mol. The van der Waals surface area contributed by atoms with Gasteiger partial charge in [-0.1, -0.05) is 6.92 Å². The molecule has 0 aliphatic carbocycles. The van der Waals surface area contributed by atoms with Crippen LogP contribution in [-0.2, 0) is 15.1 Å². The van der Waals surface area contributed by atoms with Gasteiger partial charge in [0.1, 0.15) is 5.01 Å². The van der Waals surface area contributed by atoms with Crippen LogP contribution in [0.5, 0.6) is 0 Å². The Balaban J connectivity index is 2.92. The van der Waals surface area contributed by atoms with E-state index >= 15 is 0 Å². The zero-order valence-electron chi connectivity index (χ0n) is 9.24. The van der Waals surface area contributed by atoms with Crippen molar-refractivity contribution in [1.29, 1.82) is 0 Å². The van der Waals surface area contributed by atoms with Crippen molar-refractivity contribution in [2.45, 2.75) is 26.3 Å². The van der Waals surface area contributed by atoms with E-state index in [4.69, 9.17) is 4.74 Å². The lowest BCUT2D eigenvalue weighted by Gasteiger charge is -2.25. The zero-order chi connectivity index (χ0) is 11.3. The number of carbonyl (C=O) groups excluding carboxylic acids is 1. The molecule has 0 aliphatic heterocycles. The lowest BCUT2D eigenvalue weighted by Crippen LogP contribution is -2.47. The van der Waals surface area contributed by atoms with Gasteiger partial charge < -0.3 is 4.74 Å². The van der Waals surface area contributed by atoms with Crippen LogP contribution < -0.4 is 5.32 Å². The van der Waals surface area contributed by atoms with Gasteiger partial charge in [0.2, 0.25) is 0 Å². The lowest BCUT2D eigenvalue weighted by atomic mass is 10.0. The molecule has 4 nitrogen and oxygen atoms in total. The van der Waals surface area contributed by atoms with Gasteiger partial charge in [-0.05, 0) is 20.4 Å². The van der Waals surface area contributed by atoms with Crippen molar-refractivity contribution in [3.63, 3.8) is 0 Å². The Kier molecular flexibility index (Phi) is 4.23. The molecule has 1 heterocycles. The number of hydrogen-bond acceptors (Lipinski definition) is 5. The van der Waals surface area contributed by atoms with Gasteiger partial charge in [-0.15, -0.1) is 11.3 Å². The van der Waals surface area contributed by atoms with E-state index in [1.807, 2.05) is 12.3 Å². The third-order valence-corrected chi connectivity index (χ3v) is 3.07. The molecule has 0 bridgehead atoms. The topological polar surface area (TPSA) is 51.2 Å². The van der Waals surface area contributed by atoms with Crippen LogP contribution in [0.2, 0.25) is 0 Å². The van der Waals surface area contributed by atoms with E-state index in [-0.39, 0.29) is 5.97 Å². The van der Waals surface area contributed by atoms with E-state index < -0.39 is 5.54 Å². The highest BCUT2D eigenvalue weighted by Gasteiger charge is 2.38. The molecule has 0 saturated carbocycles. The summed E-state index contributed by atoms with van der Waals surface area (Å²) in [6.45, 7) is 6.62. The second-order valence-corrected chi connectivity index (χ2v) is 4.11. The molecule has 0 radical (unpaired) electrons. The van der Waals surface area contributed by atoms with Crippen LogP contribution in [-0.4, -0.2) is 24.1 Å². The lowest BCUT2D eigenvalue weighted by molar-refractivity contribution is -0.151. The van der Waals surface area contributed by atoms with Crippen molar-refractivity contribution in [2.75, 3.05) is 13.2 Å². The van der Waals surface area contributed by atoms with Crippen LogP contribution in [0.4, 0.5) is 0 Å².